The second-order valence-corrected chi connectivity index (χ2v) is 10.0. The number of benzene rings is 2. The Hall–Kier alpha value is -4.20. The largest absolute Gasteiger partial charge is 0.354 e. The molecule has 1 fully saturated rings. The number of fused-ring (bicyclic) bond motifs is 1. The van der Waals surface area contributed by atoms with Gasteiger partial charge in [0, 0.05) is 55.8 Å². The maximum atomic E-state index is 11.4. The van der Waals surface area contributed by atoms with E-state index >= 15 is 0 Å². The Morgan fingerprint density at radius 2 is 1.92 bits per heavy atom. The van der Waals surface area contributed by atoms with Crippen LogP contribution in [0.5, 0.6) is 0 Å². The number of pyridine rings is 1. The maximum Gasteiger partial charge on any atom is 0.216 e. The van der Waals surface area contributed by atoms with Gasteiger partial charge in [-0.05, 0) is 43.0 Å². The standard InChI is InChI=1S/C29H33N7O/c1-18-13-22(15-31-20(3)37)36(16-18)27-12-11-21(14-32-27)33-29-19(2)7-5-9-24(29)28(30)23-8-6-10-26-25(23)17-35(4)34-26/h5-12,14,17-18,22,30,33H,13,15-16H2,1-4H3,(H,31,37)/t18-,22+/m0/s1. The van der Waals surface area contributed by atoms with Crippen molar-refractivity contribution in [2.45, 2.75) is 33.2 Å². The highest BCUT2D eigenvalue weighted by atomic mass is 16.1. The van der Waals surface area contributed by atoms with Crippen LogP contribution in [-0.4, -0.2) is 45.5 Å². The molecule has 2 aromatic carbocycles. The summed E-state index contributed by atoms with van der Waals surface area (Å²) in [6.45, 7) is 7.38. The molecule has 1 amide bonds. The highest BCUT2D eigenvalue weighted by molar-refractivity contribution is 6.20. The van der Waals surface area contributed by atoms with E-state index < -0.39 is 0 Å². The summed E-state index contributed by atoms with van der Waals surface area (Å²) >= 11 is 0. The summed E-state index contributed by atoms with van der Waals surface area (Å²) in [6, 6.07) is 16.2. The van der Waals surface area contributed by atoms with Gasteiger partial charge in [0.15, 0.2) is 0 Å². The SMILES string of the molecule is CC(=O)NC[C@H]1C[C@H](C)CN1c1ccc(Nc2c(C)cccc2C(=N)c2cccc3nn(C)cc23)cn1. The van der Waals surface area contributed by atoms with Gasteiger partial charge < -0.3 is 15.5 Å². The van der Waals surface area contributed by atoms with Crippen molar-refractivity contribution in [1.82, 2.24) is 20.1 Å². The Morgan fingerprint density at radius 1 is 1.14 bits per heavy atom. The van der Waals surface area contributed by atoms with E-state index in [1.165, 1.54) is 0 Å². The molecule has 2 aromatic heterocycles. The van der Waals surface area contributed by atoms with Crippen molar-refractivity contribution < 1.29 is 4.79 Å². The fourth-order valence-corrected chi connectivity index (χ4v) is 5.23. The zero-order valence-electron chi connectivity index (χ0n) is 21.7. The van der Waals surface area contributed by atoms with Crippen LogP contribution in [0.15, 0.2) is 60.9 Å². The number of hydrogen-bond acceptors (Lipinski definition) is 6. The second-order valence-electron chi connectivity index (χ2n) is 10.0. The molecule has 0 bridgehead atoms. The topological polar surface area (TPSA) is 98.9 Å². The smallest absolute Gasteiger partial charge is 0.216 e. The number of nitrogens with zero attached hydrogens (tertiary/aromatic N) is 4. The molecule has 0 spiro atoms. The van der Waals surface area contributed by atoms with Crippen LogP contribution in [0.2, 0.25) is 0 Å². The minimum absolute atomic E-state index is 0.00799. The third kappa shape index (κ3) is 5.05. The minimum atomic E-state index is -0.00799. The van der Waals surface area contributed by atoms with Gasteiger partial charge in [-0.15, -0.1) is 0 Å². The molecule has 2 atom stereocenters. The number of rotatable bonds is 7. The fourth-order valence-electron chi connectivity index (χ4n) is 5.23. The highest BCUT2D eigenvalue weighted by Gasteiger charge is 2.30. The lowest BCUT2D eigenvalue weighted by Crippen LogP contribution is -2.39. The third-order valence-electron chi connectivity index (χ3n) is 7.00. The van der Waals surface area contributed by atoms with Crippen LogP contribution in [0.4, 0.5) is 17.2 Å². The first-order valence-electron chi connectivity index (χ1n) is 12.7. The normalized spacial score (nSPS) is 17.2. The number of aromatic nitrogens is 3. The quantitative estimate of drug-likeness (QED) is 0.320. The van der Waals surface area contributed by atoms with E-state index in [2.05, 4.69) is 27.6 Å². The molecule has 8 nitrogen and oxygen atoms in total. The van der Waals surface area contributed by atoms with E-state index in [9.17, 15) is 4.79 Å². The molecule has 0 unspecified atom stereocenters. The Labute approximate surface area is 217 Å². The molecule has 3 N–H and O–H groups in total. The number of amides is 1. The van der Waals surface area contributed by atoms with E-state index in [0.717, 1.165) is 57.8 Å². The van der Waals surface area contributed by atoms with Crippen LogP contribution < -0.4 is 15.5 Å². The van der Waals surface area contributed by atoms with Crippen LogP contribution in [-0.2, 0) is 11.8 Å². The molecule has 0 aliphatic carbocycles. The monoisotopic (exact) mass is 495 g/mol. The molecule has 3 heterocycles. The van der Waals surface area contributed by atoms with Gasteiger partial charge in [0.1, 0.15) is 5.82 Å². The average Bonchev–Trinajstić information content (AvgIpc) is 3.45. The zero-order valence-corrected chi connectivity index (χ0v) is 21.7. The van der Waals surface area contributed by atoms with Gasteiger partial charge in [0.2, 0.25) is 5.91 Å². The van der Waals surface area contributed by atoms with Crippen molar-refractivity contribution in [1.29, 1.82) is 5.41 Å². The number of aryl methyl sites for hydroxylation is 2. The number of para-hydroxylation sites is 1. The van der Waals surface area contributed by atoms with Gasteiger partial charge in [-0.25, -0.2) is 4.98 Å². The third-order valence-corrected chi connectivity index (χ3v) is 7.00. The molecule has 1 saturated heterocycles. The molecule has 190 valence electrons. The van der Waals surface area contributed by atoms with E-state index in [1.807, 2.05) is 74.9 Å². The first kappa shape index (κ1) is 24.5. The molecule has 0 saturated carbocycles. The van der Waals surface area contributed by atoms with Crippen molar-refractivity contribution >= 4 is 39.7 Å². The van der Waals surface area contributed by atoms with Crippen LogP contribution in [0, 0.1) is 18.3 Å². The number of carbonyl (C=O) groups excluding carboxylic acids is 1. The molecular formula is C29H33N7O. The highest BCUT2D eigenvalue weighted by Crippen LogP contribution is 2.31. The van der Waals surface area contributed by atoms with Crippen molar-refractivity contribution in [2.24, 2.45) is 13.0 Å². The van der Waals surface area contributed by atoms with Gasteiger partial charge in [-0.3, -0.25) is 14.9 Å². The first-order valence-corrected chi connectivity index (χ1v) is 12.7. The molecule has 8 heteroatoms. The summed E-state index contributed by atoms with van der Waals surface area (Å²) in [7, 11) is 1.90. The molecule has 1 aliphatic heterocycles. The summed E-state index contributed by atoms with van der Waals surface area (Å²) in [5, 5.41) is 21.0. The van der Waals surface area contributed by atoms with E-state index in [1.54, 1.807) is 11.6 Å². The van der Waals surface area contributed by atoms with Crippen molar-refractivity contribution in [3.05, 3.63) is 77.6 Å². The fraction of sp³-hybridized carbons (Fsp3) is 0.310. The molecule has 37 heavy (non-hydrogen) atoms. The summed E-state index contributed by atoms with van der Waals surface area (Å²) in [5.41, 5.74) is 5.79. The summed E-state index contributed by atoms with van der Waals surface area (Å²) < 4.78 is 1.78. The number of nitrogens with one attached hydrogen (secondary N) is 3. The lowest BCUT2D eigenvalue weighted by Gasteiger charge is -2.26. The summed E-state index contributed by atoms with van der Waals surface area (Å²) in [5.74, 6) is 1.45. The molecule has 1 aliphatic rings. The van der Waals surface area contributed by atoms with Crippen LogP contribution in [0.1, 0.15) is 37.0 Å². The van der Waals surface area contributed by atoms with Crippen molar-refractivity contribution in [3.8, 4) is 0 Å². The maximum absolute atomic E-state index is 11.4. The van der Waals surface area contributed by atoms with Gasteiger partial charge >= 0.3 is 0 Å². The molecule has 0 radical (unpaired) electrons. The van der Waals surface area contributed by atoms with Gasteiger partial charge in [0.05, 0.1) is 28.8 Å². The van der Waals surface area contributed by atoms with Crippen LogP contribution in [0.3, 0.4) is 0 Å². The molecule has 4 aromatic rings. The predicted molar refractivity (Wildman–Crippen MR) is 149 cm³/mol. The first-order chi connectivity index (χ1) is 17.8. The summed E-state index contributed by atoms with van der Waals surface area (Å²) in [4.78, 5) is 18.5. The van der Waals surface area contributed by atoms with Gasteiger partial charge in [0.25, 0.3) is 0 Å². The van der Waals surface area contributed by atoms with E-state index in [0.29, 0.717) is 18.2 Å². The Kier molecular flexibility index (Phi) is 6.65. The van der Waals surface area contributed by atoms with Crippen LogP contribution in [0.25, 0.3) is 10.9 Å². The predicted octanol–water partition coefficient (Wildman–Crippen LogP) is 4.79. The van der Waals surface area contributed by atoms with Crippen LogP contribution >= 0.6 is 0 Å². The number of hydrogen-bond donors (Lipinski definition) is 3. The van der Waals surface area contributed by atoms with Gasteiger partial charge in [-0.1, -0.05) is 37.3 Å². The van der Waals surface area contributed by atoms with Crippen molar-refractivity contribution in [2.75, 3.05) is 23.3 Å². The number of carbonyl (C=O) groups is 1. The Balaban J connectivity index is 1.40. The lowest BCUT2D eigenvalue weighted by atomic mass is 9.96. The number of anilines is 3. The minimum Gasteiger partial charge on any atom is -0.354 e. The second kappa shape index (κ2) is 10.0. The van der Waals surface area contributed by atoms with Crippen molar-refractivity contribution in [3.63, 3.8) is 0 Å². The molecular weight excluding hydrogens is 462 g/mol. The van der Waals surface area contributed by atoms with E-state index in [4.69, 9.17) is 10.4 Å². The Bertz CT molecular complexity index is 1460. The average molecular weight is 496 g/mol. The van der Waals surface area contributed by atoms with Gasteiger partial charge in [-0.2, -0.15) is 5.10 Å². The lowest BCUT2D eigenvalue weighted by molar-refractivity contribution is -0.119. The zero-order chi connectivity index (χ0) is 26.1. The molecule has 5 rings (SSSR count). The van der Waals surface area contributed by atoms with E-state index in [-0.39, 0.29) is 11.9 Å². The Morgan fingerprint density at radius 3 is 2.68 bits per heavy atom. The summed E-state index contributed by atoms with van der Waals surface area (Å²) in [6.07, 6.45) is 4.83.